The largest absolute Gasteiger partial charge is 0.329 e. The molecule has 0 aliphatic rings. The molecule has 2 heterocycles. The fourth-order valence-electron chi connectivity index (χ4n) is 1.03. The Morgan fingerprint density at radius 1 is 1.47 bits per heavy atom. The van der Waals surface area contributed by atoms with Crippen LogP contribution in [0.4, 0.5) is 5.95 Å². The summed E-state index contributed by atoms with van der Waals surface area (Å²) in [7, 11) is 0. The molecule has 0 fully saturated rings. The van der Waals surface area contributed by atoms with Crippen LogP contribution < -0.4 is 10.9 Å². The molecular formula is C8H7N5O2. The van der Waals surface area contributed by atoms with E-state index in [1.165, 1.54) is 24.7 Å². The molecule has 0 radical (unpaired) electrons. The number of amides is 1. The highest BCUT2D eigenvalue weighted by Crippen LogP contribution is 1.99. The molecule has 0 saturated carbocycles. The average Bonchev–Trinajstić information content (AvgIpc) is 2.70. The number of nitrogens with zero attached hydrogens (tertiary/aromatic N) is 2. The molecule has 0 unspecified atom stereocenters. The molecule has 0 spiro atoms. The van der Waals surface area contributed by atoms with Gasteiger partial charge < -0.3 is 4.98 Å². The van der Waals surface area contributed by atoms with E-state index in [-0.39, 0.29) is 17.1 Å². The second-order valence-electron chi connectivity index (χ2n) is 2.73. The summed E-state index contributed by atoms with van der Waals surface area (Å²) in [6, 6.07) is 2.69. The number of anilines is 1. The molecule has 15 heavy (non-hydrogen) atoms. The lowest BCUT2D eigenvalue weighted by Crippen LogP contribution is -2.16. The number of hydrogen-bond donors (Lipinski definition) is 3. The van der Waals surface area contributed by atoms with Gasteiger partial charge >= 0.3 is 0 Å². The number of hydrogen-bond acceptors (Lipinski definition) is 4. The number of aromatic nitrogens is 4. The van der Waals surface area contributed by atoms with Crippen molar-refractivity contribution < 1.29 is 4.79 Å². The zero-order valence-corrected chi connectivity index (χ0v) is 7.52. The van der Waals surface area contributed by atoms with E-state index in [0.29, 0.717) is 0 Å². The van der Waals surface area contributed by atoms with Crippen LogP contribution in [0, 0.1) is 0 Å². The van der Waals surface area contributed by atoms with Crippen LogP contribution in [0.2, 0.25) is 0 Å². The predicted molar refractivity (Wildman–Crippen MR) is 51.4 cm³/mol. The number of carbonyl (C=O) groups excluding carboxylic acids is 1. The minimum Gasteiger partial charge on any atom is -0.329 e. The summed E-state index contributed by atoms with van der Waals surface area (Å²) in [5.41, 5.74) is -0.0737. The Morgan fingerprint density at radius 2 is 2.33 bits per heavy atom. The SMILES string of the molecule is O=C(Nc1ncn[nH]1)c1cc[nH]c(=O)c1. The van der Waals surface area contributed by atoms with Crippen LogP contribution >= 0.6 is 0 Å². The van der Waals surface area contributed by atoms with Crippen LogP contribution in [0.5, 0.6) is 0 Å². The van der Waals surface area contributed by atoms with E-state index in [9.17, 15) is 9.59 Å². The highest BCUT2D eigenvalue weighted by molar-refractivity contribution is 6.03. The van der Waals surface area contributed by atoms with Crippen LogP contribution in [-0.2, 0) is 0 Å². The van der Waals surface area contributed by atoms with Crippen molar-refractivity contribution in [2.75, 3.05) is 5.32 Å². The van der Waals surface area contributed by atoms with E-state index >= 15 is 0 Å². The van der Waals surface area contributed by atoms with E-state index < -0.39 is 5.91 Å². The van der Waals surface area contributed by atoms with Crippen molar-refractivity contribution in [2.45, 2.75) is 0 Å². The van der Waals surface area contributed by atoms with Gasteiger partial charge in [0.1, 0.15) is 6.33 Å². The summed E-state index contributed by atoms with van der Waals surface area (Å²) < 4.78 is 0. The number of nitrogens with one attached hydrogen (secondary N) is 3. The molecule has 2 aromatic rings. The quantitative estimate of drug-likeness (QED) is 0.628. The van der Waals surface area contributed by atoms with E-state index in [1.807, 2.05) is 0 Å². The van der Waals surface area contributed by atoms with E-state index in [2.05, 4.69) is 25.5 Å². The second-order valence-corrected chi connectivity index (χ2v) is 2.73. The third-order valence-electron chi connectivity index (χ3n) is 1.68. The van der Waals surface area contributed by atoms with Gasteiger partial charge in [-0.15, -0.1) is 0 Å². The summed E-state index contributed by atoms with van der Waals surface area (Å²) >= 11 is 0. The van der Waals surface area contributed by atoms with Gasteiger partial charge in [0.15, 0.2) is 0 Å². The van der Waals surface area contributed by atoms with Crippen LogP contribution in [0.1, 0.15) is 10.4 Å². The lowest BCUT2D eigenvalue weighted by molar-refractivity contribution is 0.102. The van der Waals surface area contributed by atoms with Crippen LogP contribution in [-0.4, -0.2) is 26.1 Å². The maximum atomic E-state index is 11.5. The van der Waals surface area contributed by atoms with E-state index in [0.717, 1.165) is 0 Å². The first-order chi connectivity index (χ1) is 7.25. The van der Waals surface area contributed by atoms with Gasteiger partial charge in [-0.1, -0.05) is 0 Å². The standard InChI is InChI=1S/C8H7N5O2/c14-6-3-5(1-2-9-6)7(15)12-8-10-4-11-13-8/h1-4H,(H,9,14)(H2,10,11,12,13,15). The molecule has 0 atom stereocenters. The van der Waals surface area contributed by atoms with Crippen molar-refractivity contribution >= 4 is 11.9 Å². The summed E-state index contributed by atoms with van der Waals surface area (Å²) in [4.78, 5) is 28.6. The fraction of sp³-hybridized carbons (Fsp3) is 0. The molecule has 1 amide bonds. The summed E-state index contributed by atoms with van der Waals surface area (Å²) in [5.74, 6) is -0.182. The molecule has 0 aliphatic heterocycles. The Balaban J connectivity index is 2.18. The molecule has 2 aromatic heterocycles. The number of carbonyl (C=O) groups is 1. The van der Waals surface area contributed by atoms with Gasteiger partial charge in [0.05, 0.1) is 0 Å². The van der Waals surface area contributed by atoms with Crippen molar-refractivity contribution in [1.82, 2.24) is 20.2 Å². The van der Waals surface area contributed by atoms with Gasteiger partial charge in [0, 0.05) is 17.8 Å². The van der Waals surface area contributed by atoms with E-state index in [1.54, 1.807) is 0 Å². The molecule has 7 nitrogen and oxygen atoms in total. The smallest absolute Gasteiger partial charge is 0.258 e. The molecule has 2 rings (SSSR count). The van der Waals surface area contributed by atoms with Gasteiger partial charge in [0.2, 0.25) is 11.5 Å². The van der Waals surface area contributed by atoms with Crippen molar-refractivity contribution in [3.05, 3.63) is 40.6 Å². The normalized spacial score (nSPS) is 9.87. The Labute approximate surface area is 83.6 Å². The zero-order valence-electron chi connectivity index (χ0n) is 7.52. The van der Waals surface area contributed by atoms with Gasteiger partial charge in [-0.05, 0) is 6.07 Å². The molecule has 0 aliphatic carbocycles. The third-order valence-corrected chi connectivity index (χ3v) is 1.68. The molecule has 76 valence electrons. The third kappa shape index (κ3) is 2.08. The number of H-pyrrole nitrogens is 2. The van der Waals surface area contributed by atoms with Crippen LogP contribution in [0.3, 0.4) is 0 Å². The van der Waals surface area contributed by atoms with Gasteiger partial charge in [-0.3, -0.25) is 14.9 Å². The first-order valence-electron chi connectivity index (χ1n) is 4.11. The van der Waals surface area contributed by atoms with Crippen LogP contribution in [0.25, 0.3) is 0 Å². The first kappa shape index (κ1) is 9.13. The first-order valence-corrected chi connectivity index (χ1v) is 4.11. The van der Waals surface area contributed by atoms with Gasteiger partial charge in [0.25, 0.3) is 5.91 Å². The summed E-state index contributed by atoms with van der Waals surface area (Å²) in [5, 5.41) is 8.49. The highest BCUT2D eigenvalue weighted by Gasteiger charge is 2.07. The van der Waals surface area contributed by atoms with Crippen molar-refractivity contribution in [3.8, 4) is 0 Å². The molecule has 0 aromatic carbocycles. The summed E-state index contributed by atoms with van der Waals surface area (Å²) in [6.45, 7) is 0. The average molecular weight is 205 g/mol. The molecule has 0 saturated heterocycles. The lowest BCUT2D eigenvalue weighted by atomic mass is 10.2. The van der Waals surface area contributed by atoms with Crippen molar-refractivity contribution in [3.63, 3.8) is 0 Å². The number of pyridine rings is 1. The number of aromatic amines is 2. The predicted octanol–water partition coefficient (Wildman–Crippen LogP) is -0.255. The maximum absolute atomic E-state index is 11.5. The Hall–Kier alpha value is -2.44. The van der Waals surface area contributed by atoms with E-state index in [4.69, 9.17) is 0 Å². The zero-order chi connectivity index (χ0) is 10.7. The lowest BCUT2D eigenvalue weighted by Gasteiger charge is -1.99. The van der Waals surface area contributed by atoms with Crippen molar-refractivity contribution in [1.29, 1.82) is 0 Å². The minimum absolute atomic E-state index is 0.236. The highest BCUT2D eigenvalue weighted by atomic mass is 16.2. The minimum atomic E-state index is -0.419. The Bertz CT molecular complexity index is 516. The number of rotatable bonds is 2. The van der Waals surface area contributed by atoms with Crippen molar-refractivity contribution in [2.24, 2.45) is 0 Å². The Kier molecular flexibility index (Phi) is 2.28. The van der Waals surface area contributed by atoms with Gasteiger partial charge in [-0.25, -0.2) is 5.10 Å². The monoisotopic (exact) mass is 205 g/mol. The summed E-state index contributed by atoms with van der Waals surface area (Å²) in [6.07, 6.45) is 2.67. The fourth-order valence-corrected chi connectivity index (χ4v) is 1.03. The molecular weight excluding hydrogens is 198 g/mol. The second kappa shape index (κ2) is 3.74. The molecule has 7 heteroatoms. The molecule has 0 bridgehead atoms. The Morgan fingerprint density at radius 3 is 3.00 bits per heavy atom. The van der Waals surface area contributed by atoms with Crippen LogP contribution in [0.15, 0.2) is 29.5 Å². The van der Waals surface area contributed by atoms with Gasteiger partial charge in [-0.2, -0.15) is 10.1 Å². The maximum Gasteiger partial charge on any atom is 0.258 e. The molecule has 3 N–H and O–H groups in total. The topological polar surface area (TPSA) is 104 Å².